The molecule has 2 aromatic carbocycles. The molecular weight excluding hydrogens is 342 g/mol. The number of amides is 1. The molecular formula is C19H18ClNO4. The molecule has 1 amide bonds. The van der Waals surface area contributed by atoms with Crippen LogP contribution >= 0.6 is 11.6 Å². The van der Waals surface area contributed by atoms with Crippen LogP contribution in [0.25, 0.3) is 0 Å². The van der Waals surface area contributed by atoms with Gasteiger partial charge in [0.1, 0.15) is 5.75 Å². The average molecular weight is 360 g/mol. The lowest BCUT2D eigenvalue weighted by molar-refractivity contribution is 0.0600. The topological polar surface area (TPSA) is 64.6 Å². The van der Waals surface area contributed by atoms with Crippen LogP contribution in [-0.2, 0) is 11.2 Å². The number of ether oxygens (including phenoxy) is 2. The maximum Gasteiger partial charge on any atom is 0.339 e. The van der Waals surface area contributed by atoms with Crippen molar-refractivity contribution in [3.63, 3.8) is 0 Å². The molecule has 0 radical (unpaired) electrons. The maximum atomic E-state index is 12.5. The standard InChI is InChI=1S/C19H18ClNO4/c1-4-5-12-10-13(6-9-17(12)24-2)18(22)21-14-7-8-16(20)15(11-14)19(23)25-3/h4,6-11H,1,5H2,2-3H3,(H,21,22). The average Bonchev–Trinajstić information content (AvgIpc) is 2.62. The molecule has 0 unspecified atom stereocenters. The molecule has 0 atom stereocenters. The van der Waals surface area contributed by atoms with Gasteiger partial charge in [-0.15, -0.1) is 6.58 Å². The van der Waals surface area contributed by atoms with E-state index in [2.05, 4.69) is 16.6 Å². The first-order valence-electron chi connectivity index (χ1n) is 7.47. The zero-order valence-electron chi connectivity index (χ0n) is 14.0. The van der Waals surface area contributed by atoms with Crippen molar-refractivity contribution in [2.75, 3.05) is 19.5 Å². The normalized spacial score (nSPS) is 10.0. The summed E-state index contributed by atoms with van der Waals surface area (Å²) in [4.78, 5) is 24.2. The SMILES string of the molecule is C=CCc1cc(C(=O)Nc2ccc(Cl)c(C(=O)OC)c2)ccc1OC. The Hall–Kier alpha value is -2.79. The molecule has 2 aromatic rings. The summed E-state index contributed by atoms with van der Waals surface area (Å²) in [6.07, 6.45) is 2.32. The predicted molar refractivity (Wildman–Crippen MR) is 97.6 cm³/mol. The molecule has 25 heavy (non-hydrogen) atoms. The minimum Gasteiger partial charge on any atom is -0.496 e. The third-order valence-electron chi connectivity index (χ3n) is 3.54. The monoisotopic (exact) mass is 359 g/mol. The van der Waals surface area contributed by atoms with Crippen molar-refractivity contribution in [2.24, 2.45) is 0 Å². The molecule has 0 heterocycles. The lowest BCUT2D eigenvalue weighted by Crippen LogP contribution is -2.13. The Morgan fingerprint density at radius 1 is 1.20 bits per heavy atom. The number of allylic oxidation sites excluding steroid dienone is 1. The Balaban J connectivity index is 2.26. The quantitative estimate of drug-likeness (QED) is 0.622. The Morgan fingerprint density at radius 2 is 1.96 bits per heavy atom. The van der Waals surface area contributed by atoms with Gasteiger partial charge in [0.2, 0.25) is 0 Å². The van der Waals surface area contributed by atoms with E-state index in [0.29, 0.717) is 23.4 Å². The first-order valence-corrected chi connectivity index (χ1v) is 7.85. The lowest BCUT2D eigenvalue weighted by atomic mass is 10.1. The molecule has 130 valence electrons. The van der Waals surface area contributed by atoms with Crippen molar-refractivity contribution in [1.82, 2.24) is 0 Å². The zero-order chi connectivity index (χ0) is 18.4. The highest BCUT2D eigenvalue weighted by molar-refractivity contribution is 6.33. The highest BCUT2D eigenvalue weighted by Gasteiger charge is 2.14. The van der Waals surface area contributed by atoms with Crippen LogP contribution in [0, 0.1) is 0 Å². The third kappa shape index (κ3) is 4.39. The molecule has 0 spiro atoms. The fourth-order valence-electron chi connectivity index (χ4n) is 2.31. The number of nitrogens with one attached hydrogen (secondary N) is 1. The Bertz CT molecular complexity index is 817. The molecule has 2 rings (SSSR count). The summed E-state index contributed by atoms with van der Waals surface area (Å²) in [6, 6.07) is 9.75. The van der Waals surface area contributed by atoms with Crippen molar-refractivity contribution in [3.8, 4) is 5.75 Å². The number of carbonyl (C=O) groups is 2. The number of halogens is 1. The van der Waals surface area contributed by atoms with E-state index in [9.17, 15) is 9.59 Å². The minimum absolute atomic E-state index is 0.184. The molecule has 0 saturated heterocycles. The van der Waals surface area contributed by atoms with E-state index in [4.69, 9.17) is 16.3 Å². The highest BCUT2D eigenvalue weighted by atomic mass is 35.5. The first-order chi connectivity index (χ1) is 12.0. The third-order valence-corrected chi connectivity index (χ3v) is 3.87. The van der Waals surface area contributed by atoms with Gasteiger partial charge in [-0.05, 0) is 48.4 Å². The van der Waals surface area contributed by atoms with E-state index in [0.717, 1.165) is 5.56 Å². The summed E-state index contributed by atoms with van der Waals surface area (Å²) in [5.74, 6) is -0.194. The fourth-order valence-corrected chi connectivity index (χ4v) is 2.50. The molecule has 0 aromatic heterocycles. The number of rotatable bonds is 6. The molecule has 0 saturated carbocycles. The van der Waals surface area contributed by atoms with Crippen molar-refractivity contribution in [3.05, 3.63) is 70.8 Å². The summed E-state index contributed by atoms with van der Waals surface area (Å²) < 4.78 is 9.94. The van der Waals surface area contributed by atoms with Crippen molar-refractivity contribution in [1.29, 1.82) is 0 Å². The number of esters is 1. The number of hydrogen-bond acceptors (Lipinski definition) is 4. The molecule has 5 nitrogen and oxygen atoms in total. The van der Waals surface area contributed by atoms with Gasteiger partial charge in [-0.25, -0.2) is 4.79 Å². The van der Waals surface area contributed by atoms with Crippen LogP contribution in [0.5, 0.6) is 5.75 Å². The van der Waals surface area contributed by atoms with Crippen LogP contribution < -0.4 is 10.1 Å². The van der Waals surface area contributed by atoms with Crippen LogP contribution in [0.15, 0.2) is 49.1 Å². The van der Waals surface area contributed by atoms with Gasteiger partial charge in [0, 0.05) is 11.3 Å². The summed E-state index contributed by atoms with van der Waals surface area (Å²) in [6.45, 7) is 3.70. The molecule has 6 heteroatoms. The molecule has 0 bridgehead atoms. The van der Waals surface area contributed by atoms with Crippen molar-refractivity contribution in [2.45, 2.75) is 6.42 Å². The van der Waals surface area contributed by atoms with Crippen LogP contribution in [0.1, 0.15) is 26.3 Å². The van der Waals surface area contributed by atoms with E-state index in [1.54, 1.807) is 37.5 Å². The van der Waals surface area contributed by atoms with Gasteiger partial charge in [-0.3, -0.25) is 4.79 Å². The first kappa shape index (κ1) is 18.5. The second kappa shape index (κ2) is 8.35. The number of anilines is 1. The number of hydrogen-bond donors (Lipinski definition) is 1. The van der Waals surface area contributed by atoms with E-state index < -0.39 is 5.97 Å². The van der Waals surface area contributed by atoms with Crippen molar-refractivity contribution >= 4 is 29.2 Å². The fraction of sp³-hybridized carbons (Fsp3) is 0.158. The van der Waals surface area contributed by atoms with E-state index in [1.807, 2.05) is 0 Å². The number of carbonyl (C=O) groups excluding carboxylic acids is 2. The summed E-state index contributed by atoms with van der Waals surface area (Å²) in [7, 11) is 2.84. The van der Waals surface area contributed by atoms with Crippen LogP contribution in [-0.4, -0.2) is 26.1 Å². The Kier molecular flexibility index (Phi) is 6.19. The second-order valence-corrected chi connectivity index (χ2v) is 5.57. The van der Waals surface area contributed by atoms with E-state index in [1.165, 1.54) is 19.2 Å². The zero-order valence-corrected chi connectivity index (χ0v) is 14.7. The van der Waals surface area contributed by atoms with Gasteiger partial charge in [0.15, 0.2) is 0 Å². The van der Waals surface area contributed by atoms with Crippen LogP contribution in [0.3, 0.4) is 0 Å². The summed E-state index contributed by atoms with van der Waals surface area (Å²) >= 11 is 5.98. The smallest absolute Gasteiger partial charge is 0.339 e. The summed E-state index contributed by atoms with van der Waals surface area (Å²) in [5.41, 5.74) is 1.95. The number of benzene rings is 2. The minimum atomic E-state index is -0.571. The molecule has 1 N–H and O–H groups in total. The van der Waals surface area contributed by atoms with Gasteiger partial charge in [0.05, 0.1) is 24.8 Å². The van der Waals surface area contributed by atoms with Gasteiger partial charge < -0.3 is 14.8 Å². The van der Waals surface area contributed by atoms with Gasteiger partial charge >= 0.3 is 5.97 Å². The second-order valence-electron chi connectivity index (χ2n) is 5.16. The van der Waals surface area contributed by atoms with Gasteiger partial charge in [-0.2, -0.15) is 0 Å². The van der Waals surface area contributed by atoms with Gasteiger partial charge in [0.25, 0.3) is 5.91 Å². The largest absolute Gasteiger partial charge is 0.496 e. The highest BCUT2D eigenvalue weighted by Crippen LogP contribution is 2.24. The summed E-state index contributed by atoms with van der Waals surface area (Å²) in [5, 5.41) is 2.99. The van der Waals surface area contributed by atoms with Crippen molar-refractivity contribution < 1.29 is 19.1 Å². The molecule has 0 aliphatic carbocycles. The molecule has 0 aliphatic rings. The van der Waals surface area contributed by atoms with Crippen LogP contribution in [0.4, 0.5) is 5.69 Å². The lowest BCUT2D eigenvalue weighted by Gasteiger charge is -2.11. The number of methoxy groups -OCH3 is 2. The Morgan fingerprint density at radius 3 is 2.60 bits per heavy atom. The van der Waals surface area contributed by atoms with E-state index in [-0.39, 0.29) is 16.5 Å². The van der Waals surface area contributed by atoms with E-state index >= 15 is 0 Å². The molecule has 0 fully saturated rings. The Labute approximate surface area is 151 Å². The molecule has 0 aliphatic heterocycles. The predicted octanol–water partition coefficient (Wildman–Crippen LogP) is 4.12. The van der Waals surface area contributed by atoms with Crippen LogP contribution in [0.2, 0.25) is 5.02 Å². The maximum absolute atomic E-state index is 12.5. The van der Waals surface area contributed by atoms with Gasteiger partial charge in [-0.1, -0.05) is 17.7 Å².